The van der Waals surface area contributed by atoms with Crippen molar-refractivity contribution in [2.45, 2.75) is 50.0 Å². The van der Waals surface area contributed by atoms with Crippen LogP contribution < -0.4 is 21.7 Å². The molecule has 0 aliphatic carbocycles. The van der Waals surface area contributed by atoms with Gasteiger partial charge in [-0.15, -0.1) is 0 Å². The summed E-state index contributed by atoms with van der Waals surface area (Å²) >= 11 is 0. The Labute approximate surface area is 193 Å². The molecule has 10 N–H and O–H groups in total. The summed E-state index contributed by atoms with van der Waals surface area (Å²) in [7, 11) is 0. The van der Waals surface area contributed by atoms with E-state index < -0.39 is 73.0 Å². The van der Waals surface area contributed by atoms with E-state index in [1.807, 2.05) is 10.6 Å². The topological polar surface area (TPSA) is 249 Å². The number of nitrogens with two attached hydrogens (primary N) is 1. The number of aliphatic carboxylic acids is 2. The number of phenolic OH excluding ortho intramolecular Hbond substituents is 1. The van der Waals surface area contributed by atoms with Gasteiger partial charge in [0.25, 0.3) is 0 Å². The number of aliphatic hydroxyl groups is 2. The maximum atomic E-state index is 12.5. The van der Waals surface area contributed by atoms with E-state index >= 15 is 0 Å². The molecule has 0 fully saturated rings. The van der Waals surface area contributed by atoms with Crippen molar-refractivity contribution >= 4 is 29.7 Å². The van der Waals surface area contributed by atoms with Crippen LogP contribution in [0.5, 0.6) is 5.75 Å². The smallest absolute Gasteiger partial charge is 0.328 e. The first-order chi connectivity index (χ1) is 15.8. The lowest BCUT2D eigenvalue weighted by Crippen LogP contribution is -2.59. The molecule has 1 aromatic carbocycles. The molecule has 14 heteroatoms. The number of carboxylic acids is 2. The van der Waals surface area contributed by atoms with Crippen LogP contribution >= 0.6 is 0 Å². The summed E-state index contributed by atoms with van der Waals surface area (Å²) in [5.41, 5.74) is 6.41. The molecule has 1 rings (SSSR count). The zero-order valence-electron chi connectivity index (χ0n) is 18.2. The zero-order valence-corrected chi connectivity index (χ0v) is 18.2. The number of carbonyl (C=O) groups excluding carboxylic acids is 3. The Hall–Kier alpha value is -3.75. The molecule has 14 nitrogen and oxygen atoms in total. The second-order valence-corrected chi connectivity index (χ2v) is 7.44. The predicted octanol–water partition coefficient (Wildman–Crippen LogP) is -3.35. The maximum Gasteiger partial charge on any atom is 0.328 e. The second kappa shape index (κ2) is 13.1. The summed E-state index contributed by atoms with van der Waals surface area (Å²) in [6, 6.07) is -0.444. The quantitative estimate of drug-likeness (QED) is 0.134. The van der Waals surface area contributed by atoms with Gasteiger partial charge in [-0.05, 0) is 31.0 Å². The first-order valence-corrected chi connectivity index (χ1v) is 10.0. The summed E-state index contributed by atoms with van der Waals surface area (Å²) in [4.78, 5) is 59.4. The SMILES string of the molecule is CC(O)C(NC(=O)C(CC(=O)O)NC(=O)C(CO)NC(=O)C(N)Cc1ccc(O)cc1)C(=O)O. The summed E-state index contributed by atoms with van der Waals surface area (Å²) in [6.07, 6.45) is -2.44. The highest BCUT2D eigenvalue weighted by Crippen LogP contribution is 2.11. The molecule has 3 amide bonds. The van der Waals surface area contributed by atoms with Crippen LogP contribution in [-0.2, 0) is 30.4 Å². The zero-order chi connectivity index (χ0) is 26.0. The van der Waals surface area contributed by atoms with Crippen molar-refractivity contribution in [3.63, 3.8) is 0 Å². The van der Waals surface area contributed by atoms with Gasteiger partial charge in [0.1, 0.15) is 17.8 Å². The Kier molecular flexibility index (Phi) is 10.9. The van der Waals surface area contributed by atoms with Gasteiger partial charge in [0.05, 0.1) is 25.2 Å². The van der Waals surface area contributed by atoms with Crippen LogP contribution in [0, 0.1) is 0 Å². The standard InChI is InChI=1S/C20H28N4O10/c1-9(26)16(20(33)34)24-18(31)13(7-15(28)29)22-19(32)14(8-25)23-17(30)12(21)6-10-2-4-11(27)5-3-10/h2-5,9,12-14,16,25-27H,6-8,21H2,1H3,(H,22,32)(H,23,30)(H,24,31)(H,28,29)(H,33,34). The van der Waals surface area contributed by atoms with Crippen LogP contribution in [0.3, 0.4) is 0 Å². The van der Waals surface area contributed by atoms with E-state index in [0.29, 0.717) is 5.56 Å². The minimum Gasteiger partial charge on any atom is -0.508 e. The Balaban J connectivity index is 2.84. The predicted molar refractivity (Wildman–Crippen MR) is 114 cm³/mol. The summed E-state index contributed by atoms with van der Waals surface area (Å²) in [5.74, 6) is -6.26. The minimum absolute atomic E-state index is 0.0156. The average Bonchev–Trinajstić information content (AvgIpc) is 2.75. The number of rotatable bonds is 13. The largest absolute Gasteiger partial charge is 0.508 e. The number of nitrogens with one attached hydrogen (secondary N) is 3. The number of carboxylic acid groups (broad SMARTS) is 2. The third-order valence-electron chi connectivity index (χ3n) is 4.60. The van der Waals surface area contributed by atoms with E-state index in [2.05, 4.69) is 5.32 Å². The van der Waals surface area contributed by atoms with Gasteiger partial charge in [-0.1, -0.05) is 12.1 Å². The number of phenols is 1. The van der Waals surface area contributed by atoms with Crippen LogP contribution in [0.1, 0.15) is 18.9 Å². The summed E-state index contributed by atoms with van der Waals surface area (Å²) in [6.45, 7) is 0.166. The molecular weight excluding hydrogens is 456 g/mol. The van der Waals surface area contributed by atoms with Gasteiger partial charge in [-0.25, -0.2) is 4.79 Å². The molecule has 188 valence electrons. The molecule has 0 aliphatic rings. The van der Waals surface area contributed by atoms with E-state index in [0.717, 1.165) is 6.92 Å². The molecule has 0 saturated carbocycles. The fourth-order valence-corrected chi connectivity index (χ4v) is 2.75. The third kappa shape index (κ3) is 9.01. The second-order valence-electron chi connectivity index (χ2n) is 7.44. The van der Waals surface area contributed by atoms with Crippen LogP contribution in [0.2, 0.25) is 0 Å². The fraction of sp³-hybridized carbons (Fsp3) is 0.450. The van der Waals surface area contributed by atoms with Crippen molar-refractivity contribution in [2.24, 2.45) is 5.73 Å². The van der Waals surface area contributed by atoms with E-state index in [-0.39, 0.29) is 12.2 Å². The van der Waals surface area contributed by atoms with Gasteiger partial charge in [-0.3, -0.25) is 19.2 Å². The van der Waals surface area contributed by atoms with Crippen molar-refractivity contribution in [1.29, 1.82) is 0 Å². The number of hydrogen-bond acceptors (Lipinski definition) is 9. The minimum atomic E-state index is -1.78. The Morgan fingerprint density at radius 1 is 0.912 bits per heavy atom. The van der Waals surface area contributed by atoms with Crippen LogP contribution in [0.15, 0.2) is 24.3 Å². The molecule has 0 radical (unpaired) electrons. The monoisotopic (exact) mass is 484 g/mol. The van der Waals surface area contributed by atoms with Crippen molar-refractivity contribution in [1.82, 2.24) is 16.0 Å². The van der Waals surface area contributed by atoms with Crippen molar-refractivity contribution in [3.8, 4) is 5.75 Å². The third-order valence-corrected chi connectivity index (χ3v) is 4.60. The Bertz CT molecular complexity index is 890. The molecular formula is C20H28N4O10. The lowest BCUT2D eigenvalue weighted by molar-refractivity contribution is -0.146. The molecule has 1 aromatic rings. The number of benzene rings is 1. The lowest BCUT2D eigenvalue weighted by atomic mass is 10.1. The number of carbonyl (C=O) groups is 5. The first-order valence-electron chi connectivity index (χ1n) is 10.0. The first kappa shape index (κ1) is 28.3. The van der Waals surface area contributed by atoms with E-state index in [1.165, 1.54) is 24.3 Å². The van der Waals surface area contributed by atoms with Gasteiger partial charge in [0.2, 0.25) is 17.7 Å². The molecule has 0 aromatic heterocycles. The average molecular weight is 484 g/mol. The normalized spacial score (nSPS) is 15.2. The molecule has 5 unspecified atom stereocenters. The molecule has 0 saturated heterocycles. The van der Waals surface area contributed by atoms with Crippen LogP contribution in [-0.4, -0.2) is 92.1 Å². The van der Waals surface area contributed by atoms with Crippen molar-refractivity contribution in [2.75, 3.05) is 6.61 Å². The van der Waals surface area contributed by atoms with Gasteiger partial charge in [0, 0.05) is 0 Å². The van der Waals surface area contributed by atoms with E-state index in [1.54, 1.807) is 0 Å². The highest BCUT2D eigenvalue weighted by Gasteiger charge is 2.32. The maximum absolute atomic E-state index is 12.5. The van der Waals surface area contributed by atoms with Crippen molar-refractivity contribution in [3.05, 3.63) is 29.8 Å². The number of amides is 3. The summed E-state index contributed by atoms with van der Waals surface area (Å²) < 4.78 is 0. The van der Waals surface area contributed by atoms with Crippen LogP contribution in [0.25, 0.3) is 0 Å². The molecule has 0 aliphatic heterocycles. The Morgan fingerprint density at radius 3 is 1.91 bits per heavy atom. The van der Waals surface area contributed by atoms with Gasteiger partial charge >= 0.3 is 11.9 Å². The summed E-state index contributed by atoms with van der Waals surface area (Å²) in [5, 5.41) is 52.5. The van der Waals surface area contributed by atoms with Gasteiger partial charge < -0.3 is 47.2 Å². The molecule has 0 heterocycles. The van der Waals surface area contributed by atoms with E-state index in [9.17, 15) is 39.3 Å². The molecule has 5 atom stereocenters. The highest BCUT2D eigenvalue weighted by atomic mass is 16.4. The van der Waals surface area contributed by atoms with Gasteiger partial charge in [-0.2, -0.15) is 0 Å². The molecule has 34 heavy (non-hydrogen) atoms. The number of aliphatic hydroxyl groups excluding tert-OH is 2. The number of aromatic hydroxyl groups is 1. The van der Waals surface area contributed by atoms with Crippen molar-refractivity contribution < 1.29 is 49.5 Å². The van der Waals surface area contributed by atoms with E-state index in [4.69, 9.17) is 15.9 Å². The van der Waals surface area contributed by atoms with Crippen LogP contribution in [0.4, 0.5) is 0 Å². The Morgan fingerprint density at radius 2 is 1.44 bits per heavy atom. The molecule has 0 spiro atoms. The highest BCUT2D eigenvalue weighted by molar-refractivity contribution is 5.95. The fourth-order valence-electron chi connectivity index (χ4n) is 2.75. The lowest BCUT2D eigenvalue weighted by Gasteiger charge is -2.24. The number of hydrogen-bond donors (Lipinski definition) is 9. The molecule has 0 bridgehead atoms. The van der Waals surface area contributed by atoms with Gasteiger partial charge in [0.15, 0.2) is 6.04 Å².